The summed E-state index contributed by atoms with van der Waals surface area (Å²) < 4.78 is 0. The van der Waals surface area contributed by atoms with E-state index in [9.17, 15) is 9.59 Å². The Morgan fingerprint density at radius 2 is 2.27 bits per heavy atom. The number of carbonyl (C=O) groups is 2. The van der Waals surface area contributed by atoms with Gasteiger partial charge in [-0.05, 0) is 24.3 Å². The van der Waals surface area contributed by atoms with Crippen molar-refractivity contribution in [3.05, 3.63) is 22.4 Å². The smallest absolute Gasteiger partial charge is 0.322 e. The van der Waals surface area contributed by atoms with Gasteiger partial charge in [0.1, 0.15) is 6.54 Å². The molecule has 0 saturated carbocycles. The van der Waals surface area contributed by atoms with Crippen LogP contribution in [-0.4, -0.2) is 23.5 Å². The number of rotatable bonds is 6. The first-order valence-electron chi connectivity index (χ1n) is 4.69. The van der Waals surface area contributed by atoms with Crippen LogP contribution in [0.3, 0.4) is 0 Å². The Kier molecular flexibility index (Phi) is 4.83. The molecule has 4 nitrogen and oxygen atoms in total. The molecule has 1 rings (SSSR count). The van der Waals surface area contributed by atoms with E-state index < -0.39 is 5.97 Å². The maximum atomic E-state index is 11.1. The van der Waals surface area contributed by atoms with Crippen LogP contribution >= 0.6 is 11.3 Å². The lowest BCUT2D eigenvalue weighted by molar-refractivity contribution is -0.137. The number of carboxylic acid groups (broad SMARTS) is 1. The fourth-order valence-electron chi connectivity index (χ4n) is 1.14. The van der Waals surface area contributed by atoms with Crippen LogP contribution in [0.1, 0.15) is 17.7 Å². The fourth-order valence-corrected chi connectivity index (χ4v) is 1.89. The van der Waals surface area contributed by atoms with Crippen molar-refractivity contribution in [2.24, 2.45) is 0 Å². The van der Waals surface area contributed by atoms with Crippen LogP contribution in [-0.2, 0) is 16.0 Å². The molecule has 1 heterocycles. The Balaban J connectivity index is 2.09. The van der Waals surface area contributed by atoms with E-state index in [4.69, 9.17) is 5.11 Å². The number of nitrogens with one attached hydrogen (secondary N) is 1. The molecular formula is C10H13NO3S. The monoisotopic (exact) mass is 227 g/mol. The summed E-state index contributed by atoms with van der Waals surface area (Å²) in [6.07, 6.45) is 2.01. The van der Waals surface area contributed by atoms with Gasteiger partial charge < -0.3 is 10.4 Å². The highest BCUT2D eigenvalue weighted by Gasteiger charge is 2.03. The third-order valence-electron chi connectivity index (χ3n) is 1.84. The van der Waals surface area contributed by atoms with Crippen molar-refractivity contribution >= 4 is 23.2 Å². The quantitative estimate of drug-likeness (QED) is 0.769. The van der Waals surface area contributed by atoms with Crippen molar-refractivity contribution in [3.8, 4) is 0 Å². The average Bonchev–Trinajstić information content (AvgIpc) is 2.67. The number of hydrogen-bond donors (Lipinski definition) is 2. The summed E-state index contributed by atoms with van der Waals surface area (Å²) in [5.41, 5.74) is 0. The number of thiophene rings is 1. The second kappa shape index (κ2) is 6.19. The van der Waals surface area contributed by atoms with Crippen LogP contribution in [0.4, 0.5) is 0 Å². The molecule has 0 saturated heterocycles. The van der Waals surface area contributed by atoms with Crippen LogP contribution in [0.15, 0.2) is 17.5 Å². The Labute approximate surface area is 91.9 Å². The van der Waals surface area contributed by atoms with Gasteiger partial charge in [0.25, 0.3) is 0 Å². The van der Waals surface area contributed by atoms with Crippen LogP contribution < -0.4 is 5.32 Å². The molecule has 82 valence electrons. The lowest BCUT2D eigenvalue weighted by atomic mass is 10.2. The van der Waals surface area contributed by atoms with Crippen molar-refractivity contribution in [2.45, 2.75) is 19.3 Å². The standard InChI is InChI=1S/C10H13NO3S/c12-9(11-7-10(13)14)5-1-3-8-4-2-6-15-8/h2,4,6H,1,3,5,7H2,(H,11,12)(H,13,14). The molecule has 0 aliphatic heterocycles. The molecular weight excluding hydrogens is 214 g/mol. The number of aryl methyl sites for hydroxylation is 1. The molecule has 1 amide bonds. The summed E-state index contributed by atoms with van der Waals surface area (Å²) in [6, 6.07) is 4.00. The van der Waals surface area contributed by atoms with E-state index in [1.54, 1.807) is 11.3 Å². The number of amides is 1. The normalized spacial score (nSPS) is 9.87. The molecule has 5 heteroatoms. The molecule has 0 spiro atoms. The third-order valence-corrected chi connectivity index (χ3v) is 2.78. The van der Waals surface area contributed by atoms with E-state index in [1.165, 1.54) is 4.88 Å². The second-order valence-electron chi connectivity index (χ2n) is 3.10. The van der Waals surface area contributed by atoms with Crippen molar-refractivity contribution in [1.82, 2.24) is 5.32 Å². The molecule has 1 aromatic heterocycles. The minimum absolute atomic E-state index is 0.200. The van der Waals surface area contributed by atoms with Crippen molar-refractivity contribution in [2.75, 3.05) is 6.54 Å². The summed E-state index contributed by atoms with van der Waals surface area (Å²) in [4.78, 5) is 22.5. The highest BCUT2D eigenvalue weighted by Crippen LogP contribution is 2.11. The van der Waals surface area contributed by atoms with E-state index >= 15 is 0 Å². The van der Waals surface area contributed by atoms with E-state index in [-0.39, 0.29) is 12.5 Å². The summed E-state index contributed by atoms with van der Waals surface area (Å²) in [7, 11) is 0. The Morgan fingerprint density at radius 3 is 2.87 bits per heavy atom. The predicted molar refractivity (Wildman–Crippen MR) is 57.9 cm³/mol. The topological polar surface area (TPSA) is 66.4 Å². The molecule has 0 bridgehead atoms. The molecule has 1 aromatic rings. The largest absolute Gasteiger partial charge is 0.480 e. The molecule has 0 unspecified atom stereocenters. The zero-order chi connectivity index (χ0) is 11.1. The third kappa shape index (κ3) is 5.17. The maximum Gasteiger partial charge on any atom is 0.322 e. The molecule has 0 aliphatic rings. The minimum atomic E-state index is -1.01. The first kappa shape index (κ1) is 11.7. The minimum Gasteiger partial charge on any atom is -0.480 e. The Hall–Kier alpha value is -1.36. The first-order valence-corrected chi connectivity index (χ1v) is 5.57. The number of hydrogen-bond acceptors (Lipinski definition) is 3. The molecule has 15 heavy (non-hydrogen) atoms. The van der Waals surface area contributed by atoms with Crippen LogP contribution in [0.2, 0.25) is 0 Å². The van der Waals surface area contributed by atoms with Gasteiger partial charge in [0.05, 0.1) is 0 Å². The number of carboxylic acids is 1. The summed E-state index contributed by atoms with van der Waals surface area (Å²) in [5.74, 6) is -1.21. The number of aliphatic carboxylic acids is 1. The SMILES string of the molecule is O=C(O)CNC(=O)CCCc1cccs1. The molecule has 0 aliphatic carbocycles. The molecule has 0 aromatic carbocycles. The van der Waals surface area contributed by atoms with Crippen molar-refractivity contribution < 1.29 is 14.7 Å². The van der Waals surface area contributed by atoms with Crippen LogP contribution in [0, 0.1) is 0 Å². The van der Waals surface area contributed by atoms with Gasteiger partial charge in [-0.1, -0.05) is 6.07 Å². The summed E-state index contributed by atoms with van der Waals surface area (Å²) >= 11 is 1.67. The van der Waals surface area contributed by atoms with Gasteiger partial charge in [-0.2, -0.15) is 0 Å². The highest BCUT2D eigenvalue weighted by atomic mass is 32.1. The molecule has 0 radical (unpaired) electrons. The van der Waals surface area contributed by atoms with E-state index in [1.807, 2.05) is 17.5 Å². The van der Waals surface area contributed by atoms with Gasteiger partial charge in [0, 0.05) is 11.3 Å². The zero-order valence-electron chi connectivity index (χ0n) is 8.23. The lowest BCUT2D eigenvalue weighted by Crippen LogP contribution is -2.28. The maximum absolute atomic E-state index is 11.1. The Bertz CT molecular complexity index is 321. The van der Waals surface area contributed by atoms with Crippen LogP contribution in [0.25, 0.3) is 0 Å². The van der Waals surface area contributed by atoms with Gasteiger partial charge in [0.2, 0.25) is 5.91 Å². The predicted octanol–water partition coefficient (Wildman–Crippen LogP) is 1.27. The second-order valence-corrected chi connectivity index (χ2v) is 4.14. The highest BCUT2D eigenvalue weighted by molar-refractivity contribution is 7.09. The van der Waals surface area contributed by atoms with Crippen LogP contribution in [0.5, 0.6) is 0 Å². The van der Waals surface area contributed by atoms with Gasteiger partial charge in [0.15, 0.2) is 0 Å². The van der Waals surface area contributed by atoms with E-state index in [0.717, 1.165) is 12.8 Å². The van der Waals surface area contributed by atoms with E-state index in [2.05, 4.69) is 5.32 Å². The van der Waals surface area contributed by atoms with Crippen molar-refractivity contribution in [3.63, 3.8) is 0 Å². The molecule has 0 atom stereocenters. The Morgan fingerprint density at radius 1 is 1.47 bits per heavy atom. The van der Waals surface area contributed by atoms with Crippen molar-refractivity contribution in [1.29, 1.82) is 0 Å². The number of carbonyl (C=O) groups excluding carboxylic acids is 1. The first-order chi connectivity index (χ1) is 7.18. The lowest BCUT2D eigenvalue weighted by Gasteiger charge is -2.01. The van der Waals surface area contributed by atoms with Gasteiger partial charge in [-0.15, -0.1) is 11.3 Å². The zero-order valence-corrected chi connectivity index (χ0v) is 9.05. The fraction of sp³-hybridized carbons (Fsp3) is 0.400. The molecule has 2 N–H and O–H groups in total. The van der Waals surface area contributed by atoms with Gasteiger partial charge in [-0.3, -0.25) is 9.59 Å². The molecule has 0 fully saturated rings. The summed E-state index contributed by atoms with van der Waals surface area (Å²) in [5, 5.41) is 12.7. The van der Waals surface area contributed by atoms with E-state index in [0.29, 0.717) is 6.42 Å². The van der Waals surface area contributed by atoms with Gasteiger partial charge in [-0.25, -0.2) is 0 Å². The van der Waals surface area contributed by atoms with Gasteiger partial charge >= 0.3 is 5.97 Å². The summed E-state index contributed by atoms with van der Waals surface area (Å²) in [6.45, 7) is -0.294. The average molecular weight is 227 g/mol.